The van der Waals surface area contributed by atoms with Crippen LogP contribution in [0.25, 0.3) is 5.57 Å². The third-order valence-corrected chi connectivity index (χ3v) is 8.49. The molecule has 1 fully saturated rings. The number of aromatic amines is 1. The van der Waals surface area contributed by atoms with Crippen LogP contribution in [-0.4, -0.2) is 51.3 Å². The maximum atomic E-state index is 13.6. The van der Waals surface area contributed by atoms with Crippen LogP contribution in [0, 0.1) is 5.41 Å². The molecule has 0 radical (unpaired) electrons. The lowest BCUT2D eigenvalue weighted by atomic mass is 9.72. The van der Waals surface area contributed by atoms with Gasteiger partial charge in [0.05, 0.1) is 24.3 Å². The Kier molecular flexibility index (Phi) is 8.62. The van der Waals surface area contributed by atoms with E-state index in [2.05, 4.69) is 34.5 Å². The van der Waals surface area contributed by atoms with E-state index in [1.807, 2.05) is 18.2 Å². The summed E-state index contributed by atoms with van der Waals surface area (Å²) < 4.78 is 92.5. The first-order valence-corrected chi connectivity index (χ1v) is 14.4. The molecule has 2 heterocycles. The summed E-state index contributed by atoms with van der Waals surface area (Å²) in [6.07, 6.45) is -8.80. The number of hydrogen-bond acceptors (Lipinski definition) is 6. The minimum atomic E-state index is -5.02. The van der Waals surface area contributed by atoms with Crippen LogP contribution in [0.2, 0.25) is 0 Å². The smallest absolute Gasteiger partial charge is 0.416 e. The monoisotopic (exact) mass is 637 g/mol. The van der Waals surface area contributed by atoms with Crippen LogP contribution in [-0.2, 0) is 29.9 Å². The van der Waals surface area contributed by atoms with Crippen LogP contribution < -0.4 is 4.74 Å². The molecule has 2 aromatic carbocycles. The minimum Gasteiger partial charge on any atom is -0.496 e. The number of carbonyl (C=O) groups excluding carboxylic acids is 1. The highest BCUT2D eigenvalue weighted by Gasteiger charge is 2.44. The Balaban J connectivity index is 1.48. The molecule has 1 aliphatic carbocycles. The second-order valence-electron chi connectivity index (χ2n) is 12.3. The third kappa shape index (κ3) is 7.09. The first kappa shape index (κ1) is 32.3. The van der Waals surface area contributed by atoms with E-state index in [4.69, 9.17) is 9.47 Å². The number of amides is 1. The maximum absolute atomic E-state index is 13.6. The van der Waals surface area contributed by atoms with Gasteiger partial charge >= 0.3 is 18.4 Å². The number of allylic oxidation sites excluding steroid dienone is 1. The number of methoxy groups -OCH3 is 1. The zero-order chi connectivity index (χ0) is 32.7. The van der Waals surface area contributed by atoms with Crippen LogP contribution in [0.5, 0.6) is 5.75 Å². The van der Waals surface area contributed by atoms with Gasteiger partial charge in [0, 0.05) is 18.5 Å². The zero-order valence-electron chi connectivity index (χ0n) is 25.1. The van der Waals surface area contributed by atoms with Crippen molar-refractivity contribution in [2.45, 2.75) is 77.4 Å². The average molecular weight is 638 g/mol. The summed E-state index contributed by atoms with van der Waals surface area (Å²) in [7, 11) is 1.57. The fraction of sp³-hybridized carbons (Fsp3) is 0.484. The van der Waals surface area contributed by atoms with Gasteiger partial charge in [-0.15, -0.1) is 5.10 Å². The lowest BCUT2D eigenvalue weighted by Crippen LogP contribution is -2.35. The molecule has 0 unspecified atom stereocenters. The SMILES string of the molecule is COc1ccc(CCc2nnn[nH]2)cc1C1=C(CN2C(=O)O[C@H](c3cc(C(F)(F)F)cc(C(F)(F)F)c3)[C@@H]2C)CC(C)(C)CC1. The predicted octanol–water partition coefficient (Wildman–Crippen LogP) is 7.58. The molecular weight excluding hydrogens is 604 g/mol. The number of carbonyl (C=O) groups is 1. The maximum Gasteiger partial charge on any atom is 0.416 e. The normalized spacial score (nSPS) is 20.5. The Morgan fingerprint density at radius 2 is 1.73 bits per heavy atom. The first-order chi connectivity index (χ1) is 21.1. The fourth-order valence-electron chi connectivity index (χ4n) is 6.09. The van der Waals surface area contributed by atoms with Gasteiger partial charge in [-0.2, -0.15) is 26.3 Å². The van der Waals surface area contributed by atoms with Gasteiger partial charge in [0.25, 0.3) is 0 Å². The summed E-state index contributed by atoms with van der Waals surface area (Å²) in [5, 5.41) is 13.9. The van der Waals surface area contributed by atoms with E-state index in [9.17, 15) is 31.1 Å². The van der Waals surface area contributed by atoms with Crippen LogP contribution in [0.4, 0.5) is 31.1 Å². The summed E-state index contributed by atoms with van der Waals surface area (Å²) in [5.41, 5.74) is 0.382. The van der Waals surface area contributed by atoms with Gasteiger partial charge in [-0.3, -0.25) is 4.90 Å². The summed E-state index contributed by atoms with van der Waals surface area (Å²) in [4.78, 5) is 14.6. The molecular formula is C31H33F6N5O3. The van der Waals surface area contributed by atoms with Crippen LogP contribution in [0.3, 0.4) is 0 Å². The molecule has 1 aromatic heterocycles. The summed E-state index contributed by atoms with van der Waals surface area (Å²) in [6, 6.07) is 6.32. The number of rotatable bonds is 8. The zero-order valence-corrected chi connectivity index (χ0v) is 25.1. The molecule has 2 atom stereocenters. The molecule has 0 spiro atoms. The largest absolute Gasteiger partial charge is 0.496 e. The van der Waals surface area contributed by atoms with Crippen molar-refractivity contribution in [3.8, 4) is 5.75 Å². The number of halogens is 6. The van der Waals surface area contributed by atoms with Crippen molar-refractivity contribution in [3.05, 3.63) is 75.6 Å². The van der Waals surface area contributed by atoms with E-state index < -0.39 is 41.7 Å². The van der Waals surface area contributed by atoms with E-state index >= 15 is 0 Å². The molecule has 0 bridgehead atoms. The van der Waals surface area contributed by atoms with Crippen LogP contribution >= 0.6 is 0 Å². The predicted molar refractivity (Wildman–Crippen MR) is 151 cm³/mol. The molecule has 8 nitrogen and oxygen atoms in total. The number of aromatic nitrogens is 4. The topological polar surface area (TPSA) is 93.2 Å². The first-order valence-electron chi connectivity index (χ1n) is 14.4. The summed E-state index contributed by atoms with van der Waals surface area (Å²) in [6.45, 7) is 5.88. The number of nitrogens with zero attached hydrogens (tertiary/aromatic N) is 4. The molecule has 1 aliphatic heterocycles. The second-order valence-corrected chi connectivity index (χ2v) is 12.3. The molecule has 0 saturated carbocycles. The molecule has 2 aliphatic rings. The number of tetrazole rings is 1. The number of ether oxygens (including phenoxy) is 2. The van der Waals surface area contributed by atoms with E-state index in [0.717, 1.165) is 28.7 Å². The van der Waals surface area contributed by atoms with Gasteiger partial charge in [-0.1, -0.05) is 19.9 Å². The number of aryl methyl sites for hydroxylation is 2. The van der Waals surface area contributed by atoms with Crippen molar-refractivity contribution in [1.82, 2.24) is 25.5 Å². The molecule has 45 heavy (non-hydrogen) atoms. The lowest BCUT2D eigenvalue weighted by Gasteiger charge is -2.36. The van der Waals surface area contributed by atoms with Crippen LogP contribution in [0.15, 0.2) is 42.0 Å². The number of hydrogen-bond donors (Lipinski definition) is 1. The Hall–Kier alpha value is -4.10. The van der Waals surface area contributed by atoms with Gasteiger partial charge in [0.15, 0.2) is 0 Å². The van der Waals surface area contributed by atoms with Gasteiger partial charge in [0.1, 0.15) is 17.7 Å². The van der Waals surface area contributed by atoms with Crippen molar-refractivity contribution in [3.63, 3.8) is 0 Å². The Labute approximate surface area is 255 Å². The highest BCUT2D eigenvalue weighted by atomic mass is 19.4. The summed E-state index contributed by atoms with van der Waals surface area (Å²) >= 11 is 0. The Bertz CT molecular complexity index is 1550. The average Bonchev–Trinajstić information content (AvgIpc) is 3.58. The van der Waals surface area contributed by atoms with Crippen LogP contribution in [0.1, 0.15) is 79.8 Å². The molecule has 5 rings (SSSR count). The van der Waals surface area contributed by atoms with E-state index in [0.29, 0.717) is 49.4 Å². The molecule has 3 aromatic rings. The minimum absolute atomic E-state index is 0.0633. The number of H-pyrrole nitrogens is 1. The van der Waals surface area contributed by atoms with E-state index in [1.165, 1.54) is 4.90 Å². The summed E-state index contributed by atoms with van der Waals surface area (Å²) in [5.74, 6) is 1.29. The van der Waals surface area contributed by atoms with Crippen molar-refractivity contribution in [1.29, 1.82) is 0 Å². The molecule has 1 saturated heterocycles. The quantitative estimate of drug-likeness (QED) is 0.256. The Morgan fingerprint density at radius 1 is 1.04 bits per heavy atom. The van der Waals surface area contributed by atoms with E-state index in [-0.39, 0.29) is 23.6 Å². The fourth-order valence-corrected chi connectivity index (χ4v) is 6.09. The van der Waals surface area contributed by atoms with Gasteiger partial charge in [-0.25, -0.2) is 9.89 Å². The molecule has 1 amide bonds. The number of benzene rings is 2. The van der Waals surface area contributed by atoms with E-state index in [1.54, 1.807) is 14.0 Å². The molecule has 242 valence electrons. The third-order valence-electron chi connectivity index (χ3n) is 8.49. The Morgan fingerprint density at radius 3 is 2.33 bits per heavy atom. The van der Waals surface area contributed by atoms with Crippen molar-refractivity contribution < 1.29 is 40.6 Å². The highest BCUT2D eigenvalue weighted by Crippen LogP contribution is 2.46. The highest BCUT2D eigenvalue weighted by molar-refractivity contribution is 5.77. The van der Waals surface area contributed by atoms with Crippen molar-refractivity contribution >= 4 is 11.7 Å². The van der Waals surface area contributed by atoms with Gasteiger partial charge < -0.3 is 9.47 Å². The molecule has 1 N–H and O–H groups in total. The standard InChI is InChI=1S/C31H33F6N5O3/c1-17-27(19-12-21(30(32,33)34)14-22(13-19)31(35,36)37)45-28(43)42(17)16-20-15-29(2,3)10-9-23(20)24-11-18(5-7-25(24)44-4)6-8-26-38-40-41-39-26/h5,7,11-14,17,27H,6,8-10,15-16H2,1-4H3,(H,38,39,40,41)/t17-,27-/m0/s1. The van der Waals surface area contributed by atoms with Gasteiger partial charge in [-0.05, 0) is 101 Å². The van der Waals surface area contributed by atoms with Crippen molar-refractivity contribution in [2.75, 3.05) is 13.7 Å². The van der Waals surface area contributed by atoms with Crippen molar-refractivity contribution in [2.24, 2.45) is 5.41 Å². The second kappa shape index (κ2) is 12.0. The number of alkyl halides is 6. The number of cyclic esters (lactones) is 1. The number of nitrogens with one attached hydrogen (secondary N) is 1. The molecule has 14 heteroatoms. The van der Waals surface area contributed by atoms with Gasteiger partial charge in [0.2, 0.25) is 0 Å². The lowest BCUT2D eigenvalue weighted by molar-refractivity contribution is -0.143.